The van der Waals surface area contributed by atoms with Gasteiger partial charge >= 0.3 is 0 Å². The minimum atomic E-state index is 0.0775. The third-order valence-electron chi connectivity index (χ3n) is 3.19. The van der Waals surface area contributed by atoms with Gasteiger partial charge in [-0.05, 0) is 37.5 Å². The molecule has 0 atom stereocenters. The summed E-state index contributed by atoms with van der Waals surface area (Å²) in [7, 11) is 1.57. The van der Waals surface area contributed by atoms with Crippen LogP contribution >= 0.6 is 0 Å². The van der Waals surface area contributed by atoms with E-state index < -0.39 is 0 Å². The number of anilines is 1. The molecule has 0 aliphatic heterocycles. The Morgan fingerprint density at radius 1 is 1.50 bits per heavy atom. The molecule has 0 unspecified atom stereocenters. The Kier molecular flexibility index (Phi) is 3.75. The van der Waals surface area contributed by atoms with Gasteiger partial charge < -0.3 is 15.4 Å². The number of carbonyl (C=O) groups excluding carboxylic acids is 1. The molecule has 2 N–H and O–H groups in total. The lowest BCUT2D eigenvalue weighted by atomic mass is 10.1. The molecule has 1 aromatic rings. The van der Waals surface area contributed by atoms with E-state index in [4.69, 9.17) is 10.5 Å². The van der Waals surface area contributed by atoms with Crippen LogP contribution in [0.4, 0.5) is 5.69 Å². The predicted molar refractivity (Wildman–Crippen MR) is 71.8 cm³/mol. The van der Waals surface area contributed by atoms with Crippen LogP contribution in [-0.4, -0.2) is 30.5 Å². The highest BCUT2D eigenvalue weighted by Gasteiger charge is 2.32. The zero-order chi connectivity index (χ0) is 13.1. The maximum Gasteiger partial charge on any atom is 0.254 e. The van der Waals surface area contributed by atoms with Crippen molar-refractivity contribution in [1.29, 1.82) is 0 Å². The van der Waals surface area contributed by atoms with Gasteiger partial charge in [-0.1, -0.05) is 6.92 Å². The number of benzene rings is 1. The standard InChI is InChI=1S/C14H20N2O2/c1-3-8-16(11-5-6-11)14(17)10-4-7-13(18-2)12(15)9-10/h4,7,9,11H,3,5-6,8,15H2,1-2H3. The second-order valence-corrected chi connectivity index (χ2v) is 4.69. The summed E-state index contributed by atoms with van der Waals surface area (Å²) in [5.41, 5.74) is 7.00. The van der Waals surface area contributed by atoms with Crippen LogP contribution in [0.15, 0.2) is 18.2 Å². The molecule has 1 saturated carbocycles. The fourth-order valence-electron chi connectivity index (χ4n) is 2.11. The molecule has 0 spiro atoms. The van der Waals surface area contributed by atoms with E-state index in [1.807, 2.05) is 4.90 Å². The highest BCUT2D eigenvalue weighted by molar-refractivity contribution is 5.95. The fraction of sp³-hybridized carbons (Fsp3) is 0.500. The van der Waals surface area contributed by atoms with E-state index in [1.54, 1.807) is 25.3 Å². The number of nitrogens with two attached hydrogens (primary N) is 1. The number of carbonyl (C=O) groups is 1. The molecule has 1 fully saturated rings. The Hall–Kier alpha value is -1.71. The van der Waals surface area contributed by atoms with Crippen molar-refractivity contribution in [3.8, 4) is 5.75 Å². The first-order valence-electron chi connectivity index (χ1n) is 6.41. The van der Waals surface area contributed by atoms with Gasteiger partial charge in [0.25, 0.3) is 5.91 Å². The summed E-state index contributed by atoms with van der Waals surface area (Å²) in [6.07, 6.45) is 3.22. The topological polar surface area (TPSA) is 55.6 Å². The first kappa shape index (κ1) is 12.7. The highest BCUT2D eigenvalue weighted by atomic mass is 16.5. The lowest BCUT2D eigenvalue weighted by Crippen LogP contribution is -2.33. The highest BCUT2D eigenvalue weighted by Crippen LogP contribution is 2.29. The summed E-state index contributed by atoms with van der Waals surface area (Å²) in [6, 6.07) is 5.66. The molecule has 0 aromatic heterocycles. The quantitative estimate of drug-likeness (QED) is 0.813. The van der Waals surface area contributed by atoms with Gasteiger partial charge in [-0.2, -0.15) is 0 Å². The molecule has 0 saturated heterocycles. The molecular formula is C14H20N2O2. The number of nitrogen functional groups attached to an aromatic ring is 1. The number of hydrogen-bond donors (Lipinski definition) is 1. The van der Waals surface area contributed by atoms with Crippen LogP contribution in [0.3, 0.4) is 0 Å². The molecule has 18 heavy (non-hydrogen) atoms. The summed E-state index contributed by atoms with van der Waals surface area (Å²) in [5, 5.41) is 0. The second-order valence-electron chi connectivity index (χ2n) is 4.69. The molecule has 4 heteroatoms. The van der Waals surface area contributed by atoms with Crippen LogP contribution in [0, 0.1) is 0 Å². The van der Waals surface area contributed by atoms with Crippen molar-refractivity contribution in [2.45, 2.75) is 32.2 Å². The first-order valence-corrected chi connectivity index (χ1v) is 6.41. The van der Waals surface area contributed by atoms with Crippen LogP contribution in [0.5, 0.6) is 5.75 Å². The minimum Gasteiger partial charge on any atom is -0.495 e. The van der Waals surface area contributed by atoms with Crippen LogP contribution in [0.2, 0.25) is 0 Å². The molecule has 98 valence electrons. The van der Waals surface area contributed by atoms with E-state index in [1.165, 1.54) is 0 Å². The Bertz CT molecular complexity index is 441. The Morgan fingerprint density at radius 3 is 2.72 bits per heavy atom. The van der Waals surface area contributed by atoms with Crippen molar-refractivity contribution in [2.24, 2.45) is 0 Å². The molecule has 0 heterocycles. The number of rotatable bonds is 5. The largest absolute Gasteiger partial charge is 0.495 e. The molecule has 0 bridgehead atoms. The van der Waals surface area contributed by atoms with E-state index in [0.717, 1.165) is 25.8 Å². The molecule has 1 amide bonds. The van der Waals surface area contributed by atoms with Gasteiger partial charge in [0.15, 0.2) is 0 Å². The van der Waals surface area contributed by atoms with Gasteiger partial charge in [0.2, 0.25) is 0 Å². The third kappa shape index (κ3) is 2.58. The molecule has 4 nitrogen and oxygen atoms in total. The van der Waals surface area contributed by atoms with Crippen LogP contribution < -0.4 is 10.5 Å². The van der Waals surface area contributed by atoms with Crippen molar-refractivity contribution in [1.82, 2.24) is 4.90 Å². The van der Waals surface area contributed by atoms with Crippen LogP contribution in [-0.2, 0) is 0 Å². The Morgan fingerprint density at radius 2 is 2.22 bits per heavy atom. The van der Waals surface area contributed by atoms with Gasteiger partial charge in [0.1, 0.15) is 5.75 Å². The van der Waals surface area contributed by atoms with Crippen molar-refractivity contribution < 1.29 is 9.53 Å². The van der Waals surface area contributed by atoms with Gasteiger partial charge in [-0.15, -0.1) is 0 Å². The molecule has 1 aliphatic carbocycles. The first-order chi connectivity index (χ1) is 8.67. The van der Waals surface area contributed by atoms with Crippen LogP contribution in [0.25, 0.3) is 0 Å². The van der Waals surface area contributed by atoms with E-state index in [0.29, 0.717) is 23.0 Å². The molecular weight excluding hydrogens is 228 g/mol. The van der Waals surface area contributed by atoms with E-state index in [2.05, 4.69) is 6.92 Å². The monoisotopic (exact) mass is 248 g/mol. The van der Waals surface area contributed by atoms with E-state index in [9.17, 15) is 4.79 Å². The van der Waals surface area contributed by atoms with Gasteiger partial charge in [-0.3, -0.25) is 4.79 Å². The normalized spacial score (nSPS) is 14.3. The molecule has 1 aliphatic rings. The van der Waals surface area contributed by atoms with Crippen LogP contribution in [0.1, 0.15) is 36.5 Å². The number of amides is 1. The molecule has 0 radical (unpaired) electrons. The molecule has 2 rings (SSSR count). The summed E-state index contributed by atoms with van der Waals surface area (Å²) in [4.78, 5) is 14.4. The average molecular weight is 248 g/mol. The lowest BCUT2D eigenvalue weighted by Gasteiger charge is -2.22. The minimum absolute atomic E-state index is 0.0775. The second kappa shape index (κ2) is 5.29. The maximum absolute atomic E-state index is 12.4. The smallest absolute Gasteiger partial charge is 0.254 e. The van der Waals surface area contributed by atoms with Crippen molar-refractivity contribution in [2.75, 3.05) is 19.4 Å². The number of ether oxygens (including phenoxy) is 1. The van der Waals surface area contributed by atoms with Crippen molar-refractivity contribution >= 4 is 11.6 Å². The SMILES string of the molecule is CCCN(C(=O)c1ccc(OC)c(N)c1)C1CC1. The average Bonchev–Trinajstić information content (AvgIpc) is 3.19. The van der Waals surface area contributed by atoms with E-state index >= 15 is 0 Å². The zero-order valence-electron chi connectivity index (χ0n) is 11.0. The predicted octanol–water partition coefficient (Wildman–Crippen LogP) is 2.29. The van der Waals surface area contributed by atoms with Gasteiger partial charge in [0, 0.05) is 18.2 Å². The van der Waals surface area contributed by atoms with E-state index in [-0.39, 0.29) is 5.91 Å². The molecule has 1 aromatic carbocycles. The maximum atomic E-state index is 12.4. The van der Waals surface area contributed by atoms with Crippen molar-refractivity contribution in [3.63, 3.8) is 0 Å². The fourth-order valence-corrected chi connectivity index (χ4v) is 2.11. The van der Waals surface area contributed by atoms with Crippen molar-refractivity contribution in [3.05, 3.63) is 23.8 Å². The summed E-state index contributed by atoms with van der Waals surface area (Å²) >= 11 is 0. The number of nitrogens with zero attached hydrogens (tertiary/aromatic N) is 1. The van der Waals surface area contributed by atoms with Gasteiger partial charge in [-0.25, -0.2) is 0 Å². The number of methoxy groups -OCH3 is 1. The summed E-state index contributed by atoms with van der Waals surface area (Å²) in [5.74, 6) is 0.689. The summed E-state index contributed by atoms with van der Waals surface area (Å²) in [6.45, 7) is 2.90. The Labute approximate surface area is 108 Å². The lowest BCUT2D eigenvalue weighted by molar-refractivity contribution is 0.0743. The van der Waals surface area contributed by atoms with Gasteiger partial charge in [0.05, 0.1) is 12.8 Å². The number of hydrogen-bond acceptors (Lipinski definition) is 3. The third-order valence-corrected chi connectivity index (χ3v) is 3.19. The zero-order valence-corrected chi connectivity index (χ0v) is 11.0. The summed E-state index contributed by atoms with van der Waals surface area (Å²) < 4.78 is 5.10. The Balaban J connectivity index is 2.18.